The van der Waals surface area contributed by atoms with E-state index in [4.69, 9.17) is 0 Å². The Bertz CT molecular complexity index is 522. The fourth-order valence-electron chi connectivity index (χ4n) is 6.16. The van der Waals surface area contributed by atoms with Crippen molar-refractivity contribution in [2.75, 3.05) is 0 Å². The van der Waals surface area contributed by atoms with Gasteiger partial charge in [0.2, 0.25) is 0 Å². The molecule has 2 saturated carbocycles. The second kappa shape index (κ2) is 4.83. The van der Waals surface area contributed by atoms with E-state index in [1.165, 1.54) is 32.1 Å². The molecule has 4 aliphatic carbocycles. The number of allylic oxidation sites excluding steroid dienone is 3. The Hall–Kier alpha value is 0.170. The highest BCUT2D eigenvalue weighted by atomic mass is 127. The van der Waals surface area contributed by atoms with Gasteiger partial charge in [0, 0.05) is 5.41 Å². The smallest absolute Gasteiger partial charge is 0.0577 e. The van der Waals surface area contributed by atoms with Crippen LogP contribution in [0.15, 0.2) is 21.3 Å². The first-order chi connectivity index (χ1) is 9.95. The van der Waals surface area contributed by atoms with Gasteiger partial charge in [0.1, 0.15) is 0 Å². The number of aliphatic hydroxyl groups is 1. The highest BCUT2D eigenvalue weighted by Gasteiger charge is 2.56. The van der Waals surface area contributed by atoms with E-state index in [1.54, 1.807) is 9.15 Å². The van der Waals surface area contributed by atoms with E-state index in [9.17, 15) is 5.11 Å². The third-order valence-electron chi connectivity index (χ3n) is 7.56. The van der Waals surface area contributed by atoms with Gasteiger partial charge in [-0.05, 0) is 94.3 Å². The third-order valence-corrected chi connectivity index (χ3v) is 9.24. The second-order valence-electron chi connectivity index (χ2n) is 8.40. The Morgan fingerprint density at radius 2 is 1.81 bits per heavy atom. The van der Waals surface area contributed by atoms with Crippen molar-refractivity contribution in [1.29, 1.82) is 0 Å². The van der Waals surface area contributed by atoms with Gasteiger partial charge < -0.3 is 5.11 Å². The average Bonchev–Trinajstić information content (AvgIpc) is 2.76. The fourth-order valence-corrected chi connectivity index (χ4v) is 7.08. The van der Waals surface area contributed by atoms with E-state index in [-0.39, 0.29) is 6.10 Å². The molecule has 0 unspecified atom stereocenters. The van der Waals surface area contributed by atoms with Gasteiger partial charge in [0.15, 0.2) is 0 Å². The van der Waals surface area contributed by atoms with Crippen LogP contribution in [0.2, 0.25) is 0 Å². The molecule has 0 aromatic carbocycles. The molecule has 0 amide bonds. The van der Waals surface area contributed by atoms with Crippen molar-refractivity contribution in [2.45, 2.75) is 64.9 Å². The highest BCUT2D eigenvalue weighted by molar-refractivity contribution is 14.1. The zero-order chi connectivity index (χ0) is 14.8. The largest absolute Gasteiger partial charge is 0.393 e. The van der Waals surface area contributed by atoms with Gasteiger partial charge in [-0.3, -0.25) is 0 Å². The maximum atomic E-state index is 10.0. The van der Waals surface area contributed by atoms with Gasteiger partial charge >= 0.3 is 0 Å². The Labute approximate surface area is 142 Å². The van der Waals surface area contributed by atoms with Crippen molar-refractivity contribution in [1.82, 2.24) is 0 Å². The molecule has 4 rings (SSSR count). The van der Waals surface area contributed by atoms with Crippen molar-refractivity contribution in [3.05, 3.63) is 21.3 Å². The quantitative estimate of drug-likeness (QED) is 0.437. The van der Waals surface area contributed by atoms with Crippen LogP contribution < -0.4 is 0 Å². The summed E-state index contributed by atoms with van der Waals surface area (Å²) in [5.74, 6) is 2.60. The minimum absolute atomic E-state index is 0.0798. The van der Waals surface area contributed by atoms with Crippen molar-refractivity contribution in [3.63, 3.8) is 0 Å². The molecule has 2 heteroatoms. The Kier molecular flexibility index (Phi) is 3.39. The number of hydrogen-bond acceptors (Lipinski definition) is 1. The van der Waals surface area contributed by atoms with Gasteiger partial charge in [-0.15, -0.1) is 0 Å². The van der Waals surface area contributed by atoms with Gasteiger partial charge in [-0.1, -0.05) is 31.6 Å². The van der Waals surface area contributed by atoms with E-state index in [0.29, 0.717) is 10.8 Å². The molecule has 0 aromatic rings. The molecular formula is C19H27IO. The van der Waals surface area contributed by atoms with Crippen molar-refractivity contribution < 1.29 is 5.11 Å². The lowest BCUT2D eigenvalue weighted by atomic mass is 9.48. The molecule has 116 valence electrons. The van der Waals surface area contributed by atoms with Gasteiger partial charge in [0.25, 0.3) is 0 Å². The number of fused-ring (bicyclic) bond motifs is 5. The predicted molar refractivity (Wildman–Crippen MR) is 95.2 cm³/mol. The van der Waals surface area contributed by atoms with E-state index >= 15 is 0 Å². The summed E-state index contributed by atoms with van der Waals surface area (Å²) in [6.07, 6.45) is 13.4. The molecule has 21 heavy (non-hydrogen) atoms. The topological polar surface area (TPSA) is 20.2 Å². The molecule has 0 aromatic heterocycles. The van der Waals surface area contributed by atoms with E-state index in [0.717, 1.165) is 30.6 Å². The molecule has 1 N–H and O–H groups in total. The van der Waals surface area contributed by atoms with Crippen molar-refractivity contribution in [2.24, 2.45) is 28.6 Å². The number of hydrogen-bond donors (Lipinski definition) is 1. The zero-order valence-corrected chi connectivity index (χ0v) is 15.4. The van der Waals surface area contributed by atoms with Crippen LogP contribution >= 0.6 is 22.6 Å². The summed E-state index contributed by atoms with van der Waals surface area (Å²) in [7, 11) is 0. The summed E-state index contributed by atoms with van der Waals surface area (Å²) < 4.78 is 1.63. The number of halogens is 1. The highest BCUT2D eigenvalue weighted by Crippen LogP contribution is 2.65. The number of rotatable bonds is 0. The SMILES string of the molecule is C[C@@]12CC[C@H]3[C@@H](CC=C4C[C@@H](O)CC[C@@]43C)[C@@H]1CC=C2I. The van der Waals surface area contributed by atoms with E-state index in [1.807, 2.05) is 0 Å². The molecule has 0 aliphatic heterocycles. The van der Waals surface area contributed by atoms with Crippen LogP contribution in [0.25, 0.3) is 0 Å². The first-order valence-electron chi connectivity index (χ1n) is 8.69. The molecule has 1 nitrogen and oxygen atoms in total. The normalized spacial score (nSPS) is 52.4. The molecule has 4 aliphatic rings. The molecule has 6 atom stereocenters. The van der Waals surface area contributed by atoms with Crippen LogP contribution in [-0.4, -0.2) is 11.2 Å². The Morgan fingerprint density at radius 1 is 1.05 bits per heavy atom. The Morgan fingerprint density at radius 3 is 2.62 bits per heavy atom. The minimum atomic E-state index is -0.0798. The van der Waals surface area contributed by atoms with Gasteiger partial charge in [0.05, 0.1) is 6.10 Å². The van der Waals surface area contributed by atoms with Crippen LogP contribution in [0.3, 0.4) is 0 Å². The van der Waals surface area contributed by atoms with Gasteiger partial charge in [-0.2, -0.15) is 0 Å². The van der Waals surface area contributed by atoms with E-state index in [2.05, 4.69) is 48.6 Å². The third kappa shape index (κ3) is 1.97. The Balaban J connectivity index is 1.68. The van der Waals surface area contributed by atoms with Crippen LogP contribution in [-0.2, 0) is 0 Å². The molecule has 0 spiro atoms. The fraction of sp³-hybridized carbons (Fsp3) is 0.789. The standard InChI is InChI=1S/C19H27IO/c1-18-9-7-13(21)11-12(18)3-4-14-15-5-6-17(20)19(15,2)10-8-16(14)18/h3,6,13-16,21H,4-5,7-11H2,1-2H3/t13-,14-,15-,16-,18-,19+/m0/s1. The summed E-state index contributed by atoms with van der Waals surface area (Å²) in [4.78, 5) is 0. The maximum Gasteiger partial charge on any atom is 0.0577 e. The number of aliphatic hydroxyl groups excluding tert-OH is 1. The summed E-state index contributed by atoms with van der Waals surface area (Å²) in [6.45, 7) is 5.03. The average molecular weight is 398 g/mol. The zero-order valence-electron chi connectivity index (χ0n) is 13.2. The molecule has 2 fully saturated rings. The van der Waals surface area contributed by atoms with Crippen LogP contribution in [0.4, 0.5) is 0 Å². The second-order valence-corrected chi connectivity index (χ2v) is 9.56. The van der Waals surface area contributed by atoms with Gasteiger partial charge in [-0.25, -0.2) is 0 Å². The monoisotopic (exact) mass is 398 g/mol. The molecule has 0 saturated heterocycles. The maximum absolute atomic E-state index is 10.0. The first-order valence-corrected chi connectivity index (χ1v) is 9.77. The predicted octanol–water partition coefficient (Wildman–Crippen LogP) is 5.24. The summed E-state index contributed by atoms with van der Waals surface area (Å²) in [5, 5.41) is 10.0. The summed E-state index contributed by atoms with van der Waals surface area (Å²) in [5.41, 5.74) is 2.45. The van der Waals surface area contributed by atoms with Crippen molar-refractivity contribution in [3.8, 4) is 0 Å². The lowest BCUT2D eigenvalue weighted by molar-refractivity contribution is -0.0268. The summed E-state index contributed by atoms with van der Waals surface area (Å²) in [6, 6.07) is 0. The lowest BCUT2D eigenvalue weighted by Gasteiger charge is -2.57. The molecule has 0 bridgehead atoms. The molecule has 0 radical (unpaired) electrons. The van der Waals surface area contributed by atoms with E-state index < -0.39 is 0 Å². The minimum Gasteiger partial charge on any atom is -0.393 e. The summed E-state index contributed by atoms with van der Waals surface area (Å²) >= 11 is 2.60. The first kappa shape index (κ1) is 14.7. The van der Waals surface area contributed by atoms with Crippen LogP contribution in [0.1, 0.15) is 58.8 Å². The van der Waals surface area contributed by atoms with Crippen molar-refractivity contribution >= 4 is 22.6 Å². The molecule has 0 heterocycles. The lowest BCUT2D eigenvalue weighted by Crippen LogP contribution is -2.49. The van der Waals surface area contributed by atoms with Crippen LogP contribution in [0, 0.1) is 28.6 Å². The van der Waals surface area contributed by atoms with Crippen LogP contribution in [0.5, 0.6) is 0 Å². The molecular weight excluding hydrogens is 371 g/mol.